The Kier molecular flexibility index (Phi) is 5.58. The summed E-state index contributed by atoms with van der Waals surface area (Å²) in [5.41, 5.74) is 0.865. The number of nitrogens with zero attached hydrogens (tertiary/aromatic N) is 1. The van der Waals surface area contributed by atoms with Crippen LogP contribution in [0.5, 0.6) is 5.75 Å². The van der Waals surface area contributed by atoms with E-state index in [4.69, 9.17) is 9.84 Å². The Bertz CT molecular complexity index is 473. The van der Waals surface area contributed by atoms with Crippen LogP contribution in [0.2, 0.25) is 0 Å². The molecule has 0 saturated heterocycles. The van der Waals surface area contributed by atoms with Gasteiger partial charge in [-0.15, -0.1) is 0 Å². The van der Waals surface area contributed by atoms with Gasteiger partial charge in [0.05, 0.1) is 12.9 Å². The van der Waals surface area contributed by atoms with E-state index in [0.717, 1.165) is 5.56 Å². The fourth-order valence-electron chi connectivity index (χ4n) is 1.53. The molecule has 0 bridgehead atoms. The molecule has 0 saturated carbocycles. The third-order valence-electron chi connectivity index (χ3n) is 2.57. The molecule has 0 radical (unpaired) electrons. The molecule has 1 aromatic rings. The summed E-state index contributed by atoms with van der Waals surface area (Å²) in [4.78, 5) is 0. The molecule has 0 aromatic heterocycles. The van der Waals surface area contributed by atoms with E-state index in [2.05, 4.69) is 0 Å². The lowest BCUT2D eigenvalue weighted by molar-refractivity contribution is 0.294. The van der Waals surface area contributed by atoms with Gasteiger partial charge < -0.3 is 9.84 Å². The summed E-state index contributed by atoms with van der Waals surface area (Å²) in [7, 11) is -0.204. The van der Waals surface area contributed by atoms with Gasteiger partial charge in [0, 0.05) is 20.2 Å². The van der Waals surface area contributed by atoms with Gasteiger partial charge in [0.2, 0.25) is 10.0 Å². The van der Waals surface area contributed by atoms with E-state index in [-0.39, 0.29) is 18.8 Å². The second-order valence-corrected chi connectivity index (χ2v) is 6.20. The second kappa shape index (κ2) is 6.72. The highest BCUT2D eigenvalue weighted by Crippen LogP contribution is 2.15. The van der Waals surface area contributed by atoms with Gasteiger partial charge in [-0.3, -0.25) is 0 Å². The van der Waals surface area contributed by atoms with Crippen molar-refractivity contribution >= 4 is 10.0 Å². The summed E-state index contributed by atoms with van der Waals surface area (Å²) < 4.78 is 30.0. The Morgan fingerprint density at radius 2 is 2.11 bits per heavy atom. The van der Waals surface area contributed by atoms with E-state index in [1.165, 1.54) is 11.4 Å². The molecule has 0 spiro atoms. The molecular formula is C12H19NO4S. The number of aliphatic hydroxyl groups excluding tert-OH is 1. The molecule has 0 aliphatic heterocycles. The van der Waals surface area contributed by atoms with E-state index in [0.29, 0.717) is 12.3 Å². The van der Waals surface area contributed by atoms with Crippen molar-refractivity contribution in [2.45, 2.75) is 13.0 Å². The lowest BCUT2D eigenvalue weighted by Gasteiger charge is -2.17. The molecule has 102 valence electrons. The van der Waals surface area contributed by atoms with Gasteiger partial charge in [0.15, 0.2) is 0 Å². The van der Waals surface area contributed by atoms with Crippen LogP contribution in [0.15, 0.2) is 24.3 Å². The number of benzene rings is 1. The minimum atomic E-state index is -3.31. The van der Waals surface area contributed by atoms with E-state index in [1.807, 2.05) is 18.2 Å². The van der Waals surface area contributed by atoms with Gasteiger partial charge in [-0.1, -0.05) is 12.1 Å². The third kappa shape index (κ3) is 4.29. The molecule has 0 atom stereocenters. The van der Waals surface area contributed by atoms with Crippen LogP contribution in [-0.4, -0.2) is 44.3 Å². The topological polar surface area (TPSA) is 66.8 Å². The zero-order valence-corrected chi connectivity index (χ0v) is 11.5. The fraction of sp³-hybridized carbons (Fsp3) is 0.500. The predicted octanol–water partition coefficient (Wildman–Crippen LogP) is 0.839. The number of hydrogen-bond acceptors (Lipinski definition) is 4. The van der Waals surface area contributed by atoms with Gasteiger partial charge in [0.25, 0.3) is 0 Å². The maximum atomic E-state index is 11.8. The van der Waals surface area contributed by atoms with Gasteiger partial charge >= 0.3 is 0 Å². The Morgan fingerprint density at radius 1 is 1.39 bits per heavy atom. The van der Waals surface area contributed by atoms with Crippen molar-refractivity contribution in [1.82, 2.24) is 4.31 Å². The number of hydrogen-bond donors (Lipinski definition) is 1. The van der Waals surface area contributed by atoms with E-state index < -0.39 is 10.0 Å². The first-order chi connectivity index (χ1) is 8.49. The molecule has 1 N–H and O–H groups in total. The molecular weight excluding hydrogens is 254 g/mol. The van der Waals surface area contributed by atoms with Crippen molar-refractivity contribution in [2.24, 2.45) is 0 Å². The zero-order chi connectivity index (χ0) is 13.6. The summed E-state index contributed by atoms with van der Waals surface area (Å²) in [6.07, 6.45) is 0.255. The summed E-state index contributed by atoms with van der Waals surface area (Å²) in [5, 5.41) is 8.67. The maximum absolute atomic E-state index is 11.8. The van der Waals surface area contributed by atoms with Crippen LogP contribution < -0.4 is 4.74 Å². The van der Waals surface area contributed by atoms with Crippen molar-refractivity contribution in [3.8, 4) is 5.75 Å². The van der Waals surface area contributed by atoms with Crippen LogP contribution in [0, 0.1) is 0 Å². The quantitative estimate of drug-likeness (QED) is 0.799. The fourth-order valence-corrected chi connectivity index (χ4v) is 2.68. The van der Waals surface area contributed by atoms with Crippen LogP contribution in [-0.2, 0) is 16.6 Å². The number of ether oxygens (including phenoxy) is 1. The Morgan fingerprint density at radius 3 is 2.72 bits per heavy atom. The average molecular weight is 273 g/mol. The number of methoxy groups -OCH3 is 1. The highest BCUT2D eigenvalue weighted by Gasteiger charge is 2.17. The SMILES string of the molecule is COc1cccc(CN(C)S(=O)(=O)CCCO)c1. The predicted molar refractivity (Wildman–Crippen MR) is 70.0 cm³/mol. The van der Waals surface area contributed by atoms with E-state index in [9.17, 15) is 8.42 Å². The van der Waals surface area contributed by atoms with Crippen molar-refractivity contribution in [3.63, 3.8) is 0 Å². The van der Waals surface area contributed by atoms with Crippen LogP contribution in [0.1, 0.15) is 12.0 Å². The van der Waals surface area contributed by atoms with E-state index >= 15 is 0 Å². The van der Waals surface area contributed by atoms with Crippen LogP contribution in [0.25, 0.3) is 0 Å². The summed E-state index contributed by atoms with van der Waals surface area (Å²) in [5.74, 6) is 0.665. The first-order valence-electron chi connectivity index (χ1n) is 5.67. The molecule has 0 heterocycles. The van der Waals surface area contributed by atoms with Crippen molar-refractivity contribution in [3.05, 3.63) is 29.8 Å². The van der Waals surface area contributed by atoms with Crippen LogP contribution in [0.3, 0.4) is 0 Å². The lowest BCUT2D eigenvalue weighted by atomic mass is 10.2. The number of sulfonamides is 1. The number of aliphatic hydroxyl groups is 1. The third-order valence-corrected chi connectivity index (χ3v) is 4.46. The summed E-state index contributed by atoms with van der Waals surface area (Å²) in [6, 6.07) is 7.28. The van der Waals surface area contributed by atoms with Crippen LogP contribution in [0.4, 0.5) is 0 Å². The monoisotopic (exact) mass is 273 g/mol. The van der Waals surface area contributed by atoms with Gasteiger partial charge in [-0.05, 0) is 24.1 Å². The molecule has 0 amide bonds. The molecule has 0 aliphatic rings. The highest BCUT2D eigenvalue weighted by molar-refractivity contribution is 7.89. The minimum Gasteiger partial charge on any atom is -0.497 e. The second-order valence-electron chi connectivity index (χ2n) is 4.00. The van der Waals surface area contributed by atoms with Crippen molar-refractivity contribution in [1.29, 1.82) is 0 Å². The summed E-state index contributed by atoms with van der Waals surface area (Å²) in [6.45, 7) is 0.178. The Hall–Kier alpha value is -1.11. The Labute approximate surface area is 108 Å². The number of rotatable bonds is 7. The zero-order valence-electron chi connectivity index (χ0n) is 10.7. The van der Waals surface area contributed by atoms with Gasteiger partial charge in [-0.2, -0.15) is 0 Å². The van der Waals surface area contributed by atoms with Crippen LogP contribution >= 0.6 is 0 Å². The van der Waals surface area contributed by atoms with E-state index in [1.54, 1.807) is 13.2 Å². The molecule has 0 fully saturated rings. The first-order valence-corrected chi connectivity index (χ1v) is 7.28. The molecule has 0 aliphatic carbocycles. The molecule has 0 unspecified atom stereocenters. The molecule has 1 aromatic carbocycles. The first kappa shape index (κ1) is 14.9. The largest absolute Gasteiger partial charge is 0.497 e. The van der Waals surface area contributed by atoms with Gasteiger partial charge in [-0.25, -0.2) is 12.7 Å². The molecule has 18 heavy (non-hydrogen) atoms. The normalized spacial score (nSPS) is 11.8. The smallest absolute Gasteiger partial charge is 0.214 e. The van der Waals surface area contributed by atoms with Crippen molar-refractivity contribution < 1.29 is 18.3 Å². The summed E-state index contributed by atoms with van der Waals surface area (Å²) >= 11 is 0. The minimum absolute atomic E-state index is 0.0377. The molecule has 1 rings (SSSR count). The Balaban J connectivity index is 2.71. The highest BCUT2D eigenvalue weighted by atomic mass is 32.2. The van der Waals surface area contributed by atoms with Gasteiger partial charge in [0.1, 0.15) is 5.75 Å². The lowest BCUT2D eigenvalue weighted by Crippen LogP contribution is -2.29. The van der Waals surface area contributed by atoms with Crippen molar-refractivity contribution in [2.75, 3.05) is 26.5 Å². The maximum Gasteiger partial charge on any atom is 0.214 e. The average Bonchev–Trinajstić information content (AvgIpc) is 2.36. The molecule has 5 nitrogen and oxygen atoms in total. The standard InChI is InChI=1S/C12H19NO4S/c1-13(18(15,16)8-4-7-14)10-11-5-3-6-12(9-11)17-2/h3,5-6,9,14H,4,7-8,10H2,1-2H3. The molecule has 6 heteroatoms.